The SMILES string of the molecule is Cc1c(Cc2ccc(C(N)=O)cc2)c2ccccc2n1CCCN1CCN(CC(C)(C)F)CC1. The summed E-state index contributed by atoms with van der Waals surface area (Å²) in [6, 6.07) is 16.2. The van der Waals surface area contributed by atoms with E-state index in [1.54, 1.807) is 26.0 Å². The van der Waals surface area contributed by atoms with Gasteiger partial charge in [-0.1, -0.05) is 30.3 Å². The molecule has 0 aliphatic carbocycles. The molecule has 1 aliphatic heterocycles. The standard InChI is InChI=1S/C28H37FN4O/c1-21-25(19-22-9-11-23(12-10-22)27(30)34)24-7-4-5-8-26(24)33(21)14-6-13-31-15-17-32(18-16-31)20-28(2,3)29/h4-5,7-12H,6,13-20H2,1-3H3,(H2,30,34). The molecule has 0 unspecified atom stereocenters. The maximum absolute atomic E-state index is 13.9. The highest BCUT2D eigenvalue weighted by Gasteiger charge is 2.24. The molecule has 1 amide bonds. The third-order valence-electron chi connectivity index (χ3n) is 6.90. The van der Waals surface area contributed by atoms with E-state index in [9.17, 15) is 9.18 Å². The molecule has 182 valence electrons. The van der Waals surface area contributed by atoms with Gasteiger partial charge in [-0.15, -0.1) is 0 Å². The van der Waals surface area contributed by atoms with Crippen molar-refractivity contribution in [3.05, 3.63) is 70.9 Å². The molecule has 1 aliphatic rings. The summed E-state index contributed by atoms with van der Waals surface area (Å²) >= 11 is 0. The number of hydrogen-bond acceptors (Lipinski definition) is 3. The number of alkyl halides is 1. The van der Waals surface area contributed by atoms with Crippen LogP contribution < -0.4 is 5.73 Å². The van der Waals surface area contributed by atoms with Crippen LogP contribution in [0.3, 0.4) is 0 Å². The minimum Gasteiger partial charge on any atom is -0.366 e. The molecular weight excluding hydrogens is 427 g/mol. The summed E-state index contributed by atoms with van der Waals surface area (Å²) in [5, 5.41) is 1.29. The van der Waals surface area contributed by atoms with Gasteiger partial charge in [0.05, 0.1) is 0 Å². The molecule has 0 atom stereocenters. The summed E-state index contributed by atoms with van der Waals surface area (Å²) in [5.74, 6) is -0.396. The third-order valence-corrected chi connectivity index (χ3v) is 6.90. The average molecular weight is 465 g/mol. The van der Waals surface area contributed by atoms with Gasteiger partial charge >= 0.3 is 0 Å². The number of halogens is 1. The maximum Gasteiger partial charge on any atom is 0.248 e. The van der Waals surface area contributed by atoms with Crippen molar-refractivity contribution in [1.82, 2.24) is 14.4 Å². The van der Waals surface area contributed by atoms with Gasteiger partial charge in [-0.05, 0) is 69.5 Å². The highest BCUT2D eigenvalue weighted by Crippen LogP contribution is 2.28. The van der Waals surface area contributed by atoms with E-state index >= 15 is 0 Å². The Hall–Kier alpha value is -2.70. The molecule has 1 aromatic heterocycles. The number of carbonyl (C=O) groups excluding carboxylic acids is 1. The van der Waals surface area contributed by atoms with E-state index in [1.807, 2.05) is 12.1 Å². The number of para-hydroxylation sites is 1. The summed E-state index contributed by atoms with van der Waals surface area (Å²) in [5.41, 5.74) is 9.88. The summed E-state index contributed by atoms with van der Waals surface area (Å²) in [6.45, 7) is 12.0. The summed E-state index contributed by atoms with van der Waals surface area (Å²) < 4.78 is 16.4. The first-order chi connectivity index (χ1) is 16.2. The van der Waals surface area contributed by atoms with Crippen LogP contribution in [-0.4, -0.2) is 65.2 Å². The first-order valence-electron chi connectivity index (χ1n) is 12.3. The van der Waals surface area contributed by atoms with Crippen LogP contribution in [0.4, 0.5) is 4.39 Å². The first-order valence-corrected chi connectivity index (χ1v) is 12.3. The predicted octanol–water partition coefficient (Wildman–Crippen LogP) is 4.40. The lowest BCUT2D eigenvalue weighted by Gasteiger charge is -2.36. The zero-order chi connectivity index (χ0) is 24.3. The number of fused-ring (bicyclic) bond motifs is 1. The molecule has 2 N–H and O–H groups in total. The Kier molecular flexibility index (Phi) is 7.39. The monoisotopic (exact) mass is 464 g/mol. The Morgan fingerprint density at radius 1 is 0.971 bits per heavy atom. The van der Waals surface area contributed by atoms with Gasteiger partial charge in [0.15, 0.2) is 0 Å². The number of nitrogens with two attached hydrogens (primary N) is 1. The van der Waals surface area contributed by atoms with Crippen LogP contribution >= 0.6 is 0 Å². The van der Waals surface area contributed by atoms with Crippen LogP contribution in [0.2, 0.25) is 0 Å². The van der Waals surface area contributed by atoms with Gasteiger partial charge in [-0.25, -0.2) is 4.39 Å². The van der Waals surface area contributed by atoms with E-state index in [2.05, 4.69) is 45.6 Å². The largest absolute Gasteiger partial charge is 0.366 e. The van der Waals surface area contributed by atoms with Crippen LogP contribution in [-0.2, 0) is 13.0 Å². The quantitative estimate of drug-likeness (QED) is 0.511. The number of primary amides is 1. The van der Waals surface area contributed by atoms with E-state index in [0.29, 0.717) is 12.1 Å². The number of amides is 1. The molecule has 0 bridgehead atoms. The Labute approximate surface area is 202 Å². The predicted molar refractivity (Wildman–Crippen MR) is 137 cm³/mol. The van der Waals surface area contributed by atoms with Gasteiger partial charge in [0.2, 0.25) is 5.91 Å². The van der Waals surface area contributed by atoms with Crippen molar-refractivity contribution in [2.75, 3.05) is 39.3 Å². The Morgan fingerprint density at radius 3 is 2.26 bits per heavy atom. The number of benzene rings is 2. The van der Waals surface area contributed by atoms with Crippen molar-refractivity contribution in [3.8, 4) is 0 Å². The van der Waals surface area contributed by atoms with Crippen LogP contribution in [0.5, 0.6) is 0 Å². The minimum absolute atomic E-state index is 0.396. The molecule has 5 nitrogen and oxygen atoms in total. The molecule has 0 saturated carbocycles. The molecule has 1 saturated heterocycles. The number of aromatic nitrogens is 1. The molecule has 6 heteroatoms. The first kappa shape index (κ1) is 24.4. The van der Waals surface area contributed by atoms with Crippen LogP contribution in [0.1, 0.15) is 47.4 Å². The number of hydrogen-bond donors (Lipinski definition) is 1. The topological polar surface area (TPSA) is 54.5 Å². The number of piperazine rings is 1. The molecule has 0 radical (unpaired) electrons. The number of rotatable bonds is 9. The fraction of sp³-hybridized carbons (Fsp3) is 0.464. The fourth-order valence-corrected chi connectivity index (χ4v) is 5.16. The lowest BCUT2D eigenvalue weighted by molar-refractivity contribution is 0.0752. The summed E-state index contributed by atoms with van der Waals surface area (Å²) in [7, 11) is 0. The normalized spacial score (nSPS) is 15.8. The molecular formula is C28H37FN4O. The van der Waals surface area contributed by atoms with Gasteiger partial charge in [0.1, 0.15) is 5.67 Å². The van der Waals surface area contributed by atoms with Gasteiger partial charge in [0, 0.05) is 61.4 Å². The van der Waals surface area contributed by atoms with E-state index in [0.717, 1.165) is 52.1 Å². The van der Waals surface area contributed by atoms with Crippen molar-refractivity contribution in [3.63, 3.8) is 0 Å². The Balaban J connectivity index is 1.40. The van der Waals surface area contributed by atoms with Crippen molar-refractivity contribution in [2.24, 2.45) is 5.73 Å². The van der Waals surface area contributed by atoms with E-state index in [1.165, 1.54) is 27.7 Å². The third kappa shape index (κ3) is 5.86. The molecule has 3 aromatic rings. The van der Waals surface area contributed by atoms with Gasteiger partial charge in [0.25, 0.3) is 0 Å². The van der Waals surface area contributed by atoms with Gasteiger partial charge < -0.3 is 15.2 Å². The number of aryl methyl sites for hydroxylation is 1. The van der Waals surface area contributed by atoms with Crippen LogP contribution in [0.15, 0.2) is 48.5 Å². The van der Waals surface area contributed by atoms with E-state index in [-0.39, 0.29) is 0 Å². The molecule has 34 heavy (non-hydrogen) atoms. The van der Waals surface area contributed by atoms with Gasteiger partial charge in [-0.2, -0.15) is 0 Å². The smallest absolute Gasteiger partial charge is 0.248 e. The Morgan fingerprint density at radius 2 is 1.62 bits per heavy atom. The number of carbonyl (C=O) groups is 1. The molecule has 2 heterocycles. The average Bonchev–Trinajstić information content (AvgIpc) is 3.05. The lowest BCUT2D eigenvalue weighted by atomic mass is 10.0. The molecule has 1 fully saturated rings. The van der Waals surface area contributed by atoms with Crippen molar-refractivity contribution in [2.45, 2.75) is 45.8 Å². The zero-order valence-electron chi connectivity index (χ0n) is 20.7. The second kappa shape index (κ2) is 10.3. The van der Waals surface area contributed by atoms with Crippen molar-refractivity contribution in [1.29, 1.82) is 0 Å². The molecule has 4 rings (SSSR count). The Bertz CT molecular complexity index is 1120. The zero-order valence-corrected chi connectivity index (χ0v) is 20.7. The van der Waals surface area contributed by atoms with E-state index < -0.39 is 11.6 Å². The second-order valence-electron chi connectivity index (χ2n) is 10.2. The highest BCUT2D eigenvalue weighted by atomic mass is 19.1. The fourth-order valence-electron chi connectivity index (χ4n) is 5.16. The minimum atomic E-state index is -1.13. The summed E-state index contributed by atoms with van der Waals surface area (Å²) in [6.07, 6.45) is 1.91. The van der Waals surface area contributed by atoms with E-state index in [4.69, 9.17) is 5.73 Å². The summed E-state index contributed by atoms with van der Waals surface area (Å²) in [4.78, 5) is 16.1. The van der Waals surface area contributed by atoms with Crippen molar-refractivity contribution >= 4 is 16.8 Å². The van der Waals surface area contributed by atoms with Gasteiger partial charge in [-0.3, -0.25) is 9.69 Å². The van der Waals surface area contributed by atoms with Crippen molar-refractivity contribution < 1.29 is 9.18 Å². The molecule has 0 spiro atoms. The number of nitrogens with zero attached hydrogens (tertiary/aromatic N) is 3. The second-order valence-corrected chi connectivity index (χ2v) is 10.2. The van der Waals surface area contributed by atoms with Crippen LogP contribution in [0.25, 0.3) is 10.9 Å². The maximum atomic E-state index is 13.9. The molecule has 2 aromatic carbocycles. The van der Waals surface area contributed by atoms with Crippen LogP contribution in [0, 0.1) is 6.92 Å². The highest BCUT2D eigenvalue weighted by molar-refractivity contribution is 5.92. The lowest BCUT2D eigenvalue weighted by Crippen LogP contribution is -2.49.